The lowest BCUT2D eigenvalue weighted by atomic mass is 10.3. The third kappa shape index (κ3) is 4.17. The molecule has 80 valence electrons. The molecule has 1 N–H and O–H groups in total. The average molecular weight is 208 g/mol. The Bertz CT molecular complexity index is 340. The predicted molar refractivity (Wildman–Crippen MR) is 55.3 cm³/mol. The summed E-state index contributed by atoms with van der Waals surface area (Å²) in [7, 11) is 1.59. The van der Waals surface area contributed by atoms with Crippen molar-refractivity contribution < 1.29 is 19.4 Å². The minimum atomic E-state index is -0.978. The van der Waals surface area contributed by atoms with Gasteiger partial charge in [-0.3, -0.25) is 0 Å². The van der Waals surface area contributed by atoms with Crippen molar-refractivity contribution in [3.63, 3.8) is 0 Å². The fourth-order valence-electron chi connectivity index (χ4n) is 0.965. The molecule has 0 saturated heterocycles. The number of carboxylic acids is 1. The molecule has 0 fully saturated rings. The molecule has 0 aliphatic heterocycles. The van der Waals surface area contributed by atoms with Crippen LogP contribution in [0.25, 0.3) is 0 Å². The van der Waals surface area contributed by atoms with Crippen LogP contribution in [0, 0.1) is 0 Å². The highest BCUT2D eigenvalue weighted by atomic mass is 16.5. The molecule has 0 aliphatic rings. The molecular formula is C11H12O4. The predicted octanol–water partition coefficient (Wildman–Crippen LogP) is 1.71. The second-order valence-electron chi connectivity index (χ2n) is 2.73. The van der Waals surface area contributed by atoms with Crippen LogP contribution in [0.2, 0.25) is 0 Å². The Morgan fingerprint density at radius 3 is 2.47 bits per heavy atom. The van der Waals surface area contributed by atoms with Gasteiger partial charge in [-0.1, -0.05) is 0 Å². The summed E-state index contributed by atoms with van der Waals surface area (Å²) in [5, 5.41) is 8.32. The van der Waals surface area contributed by atoms with Crippen LogP contribution in [0.4, 0.5) is 0 Å². The van der Waals surface area contributed by atoms with Gasteiger partial charge in [0.25, 0.3) is 0 Å². The number of methoxy groups -OCH3 is 1. The van der Waals surface area contributed by atoms with Gasteiger partial charge in [0.2, 0.25) is 0 Å². The Hall–Kier alpha value is -1.97. The molecule has 0 heterocycles. The fraction of sp³-hybridized carbons (Fsp3) is 0.182. The molecule has 4 nitrogen and oxygen atoms in total. The first-order chi connectivity index (χ1) is 7.22. The summed E-state index contributed by atoms with van der Waals surface area (Å²) in [6.45, 7) is 0.235. The summed E-state index contributed by atoms with van der Waals surface area (Å²) < 4.78 is 10.2. The van der Waals surface area contributed by atoms with Gasteiger partial charge in [0.05, 0.1) is 7.11 Å². The number of aliphatic carboxylic acids is 1. The van der Waals surface area contributed by atoms with Crippen LogP contribution in [0.3, 0.4) is 0 Å². The molecule has 0 amide bonds. The first kappa shape index (κ1) is 11.1. The molecule has 0 saturated carbocycles. The second-order valence-corrected chi connectivity index (χ2v) is 2.73. The van der Waals surface area contributed by atoms with Crippen molar-refractivity contribution in [3.05, 3.63) is 36.4 Å². The molecule has 0 spiro atoms. The van der Waals surface area contributed by atoms with Crippen LogP contribution in [-0.2, 0) is 4.79 Å². The molecule has 4 heteroatoms. The average Bonchev–Trinajstić information content (AvgIpc) is 2.25. The van der Waals surface area contributed by atoms with Crippen molar-refractivity contribution in [3.8, 4) is 11.5 Å². The molecule has 1 aromatic carbocycles. The van der Waals surface area contributed by atoms with Crippen molar-refractivity contribution in [2.24, 2.45) is 0 Å². The highest BCUT2D eigenvalue weighted by molar-refractivity contribution is 5.79. The number of ether oxygens (including phenoxy) is 2. The van der Waals surface area contributed by atoms with Crippen LogP contribution < -0.4 is 9.47 Å². The second kappa shape index (κ2) is 5.70. The van der Waals surface area contributed by atoms with E-state index in [1.807, 2.05) is 0 Å². The summed E-state index contributed by atoms with van der Waals surface area (Å²) in [5.41, 5.74) is 0. The van der Waals surface area contributed by atoms with E-state index in [1.54, 1.807) is 31.4 Å². The maximum Gasteiger partial charge on any atom is 0.328 e. The Morgan fingerprint density at radius 2 is 1.93 bits per heavy atom. The van der Waals surface area contributed by atoms with Gasteiger partial charge in [-0.2, -0.15) is 0 Å². The van der Waals surface area contributed by atoms with Crippen LogP contribution in [-0.4, -0.2) is 24.8 Å². The fourth-order valence-corrected chi connectivity index (χ4v) is 0.965. The molecule has 0 radical (unpaired) electrons. The van der Waals surface area contributed by atoms with Crippen LogP contribution >= 0.6 is 0 Å². The van der Waals surface area contributed by atoms with Crippen LogP contribution in [0.1, 0.15) is 0 Å². The van der Waals surface area contributed by atoms with Gasteiger partial charge in [-0.15, -0.1) is 0 Å². The van der Waals surface area contributed by atoms with Gasteiger partial charge < -0.3 is 14.6 Å². The van der Waals surface area contributed by atoms with E-state index in [1.165, 1.54) is 6.08 Å². The summed E-state index contributed by atoms with van der Waals surface area (Å²) in [5.74, 6) is 0.447. The van der Waals surface area contributed by atoms with Crippen molar-refractivity contribution >= 4 is 5.97 Å². The van der Waals surface area contributed by atoms with E-state index in [2.05, 4.69) is 0 Å². The normalized spacial score (nSPS) is 10.2. The molecule has 1 rings (SSSR count). The number of carboxylic acid groups (broad SMARTS) is 1. The third-order valence-corrected chi connectivity index (χ3v) is 1.67. The summed E-state index contributed by atoms with van der Waals surface area (Å²) in [6, 6.07) is 7.06. The standard InChI is InChI=1S/C11H12O4/c1-14-9-4-6-10(7-5-9)15-8-2-3-11(12)13/h2-7H,8H2,1H3,(H,12,13)/b3-2+. The zero-order chi connectivity index (χ0) is 11.1. The van der Waals surface area contributed by atoms with Gasteiger partial charge in [0.15, 0.2) is 0 Å². The monoisotopic (exact) mass is 208 g/mol. The highest BCUT2D eigenvalue weighted by Gasteiger charge is 1.93. The first-order valence-corrected chi connectivity index (χ1v) is 4.38. The van der Waals surface area contributed by atoms with Crippen LogP contribution in [0.15, 0.2) is 36.4 Å². The molecule has 1 aromatic rings. The Kier molecular flexibility index (Phi) is 4.22. The maximum absolute atomic E-state index is 10.1. The zero-order valence-electron chi connectivity index (χ0n) is 8.34. The number of rotatable bonds is 5. The summed E-state index contributed by atoms with van der Waals surface area (Å²) in [4.78, 5) is 10.1. The van der Waals surface area contributed by atoms with Gasteiger partial charge in [0, 0.05) is 6.08 Å². The first-order valence-electron chi connectivity index (χ1n) is 4.38. The number of benzene rings is 1. The highest BCUT2D eigenvalue weighted by Crippen LogP contribution is 2.16. The van der Waals surface area contributed by atoms with Crippen molar-refractivity contribution in [1.82, 2.24) is 0 Å². The largest absolute Gasteiger partial charge is 0.497 e. The van der Waals surface area contributed by atoms with Crippen molar-refractivity contribution in [2.45, 2.75) is 0 Å². The van der Waals surface area contributed by atoms with E-state index in [4.69, 9.17) is 14.6 Å². The van der Waals surface area contributed by atoms with E-state index >= 15 is 0 Å². The molecular weight excluding hydrogens is 196 g/mol. The third-order valence-electron chi connectivity index (χ3n) is 1.67. The number of hydrogen-bond donors (Lipinski definition) is 1. The van der Waals surface area contributed by atoms with Gasteiger partial charge in [-0.05, 0) is 30.3 Å². The quantitative estimate of drug-likeness (QED) is 0.748. The Labute approximate surface area is 87.7 Å². The van der Waals surface area contributed by atoms with Crippen molar-refractivity contribution in [1.29, 1.82) is 0 Å². The van der Waals surface area contributed by atoms with E-state index in [-0.39, 0.29) is 6.61 Å². The van der Waals surface area contributed by atoms with E-state index in [9.17, 15) is 4.79 Å². The minimum absolute atomic E-state index is 0.235. The molecule has 0 unspecified atom stereocenters. The minimum Gasteiger partial charge on any atom is -0.497 e. The van der Waals surface area contributed by atoms with E-state index in [0.29, 0.717) is 5.75 Å². The van der Waals surface area contributed by atoms with Crippen molar-refractivity contribution in [2.75, 3.05) is 13.7 Å². The SMILES string of the molecule is COc1ccc(OC/C=C/C(=O)O)cc1. The number of hydrogen-bond acceptors (Lipinski definition) is 3. The Morgan fingerprint density at radius 1 is 1.33 bits per heavy atom. The lowest BCUT2D eigenvalue weighted by molar-refractivity contribution is -0.131. The molecule has 0 aromatic heterocycles. The molecule has 0 atom stereocenters. The van der Waals surface area contributed by atoms with E-state index in [0.717, 1.165) is 11.8 Å². The van der Waals surface area contributed by atoms with Gasteiger partial charge >= 0.3 is 5.97 Å². The van der Waals surface area contributed by atoms with E-state index < -0.39 is 5.97 Å². The summed E-state index contributed by atoms with van der Waals surface area (Å²) >= 11 is 0. The lowest BCUT2D eigenvalue weighted by Crippen LogP contribution is -1.95. The maximum atomic E-state index is 10.1. The zero-order valence-corrected chi connectivity index (χ0v) is 8.34. The number of carbonyl (C=O) groups is 1. The summed E-state index contributed by atoms with van der Waals surface area (Å²) in [6.07, 6.45) is 2.48. The topological polar surface area (TPSA) is 55.8 Å². The van der Waals surface area contributed by atoms with Gasteiger partial charge in [-0.25, -0.2) is 4.79 Å². The molecule has 0 bridgehead atoms. The van der Waals surface area contributed by atoms with Crippen LogP contribution in [0.5, 0.6) is 11.5 Å². The lowest BCUT2D eigenvalue weighted by Gasteiger charge is -2.03. The molecule has 15 heavy (non-hydrogen) atoms. The molecule has 0 aliphatic carbocycles. The smallest absolute Gasteiger partial charge is 0.328 e. The Balaban J connectivity index is 2.41. The van der Waals surface area contributed by atoms with Gasteiger partial charge in [0.1, 0.15) is 18.1 Å².